The summed E-state index contributed by atoms with van der Waals surface area (Å²) in [6.07, 6.45) is 4.57. The molecule has 0 bridgehead atoms. The van der Waals surface area contributed by atoms with Crippen molar-refractivity contribution in [2.45, 2.75) is 6.42 Å². The molecule has 1 N–H and O–H groups in total. The molecular weight excluding hydrogens is 252 g/mol. The molecule has 1 aromatic carbocycles. The molecule has 6 heteroatoms. The predicted octanol–water partition coefficient (Wildman–Crippen LogP) is 3.58. The minimum Gasteiger partial charge on any atom is -0.325 e. The molecule has 0 fully saturated rings. The maximum atomic E-state index is 11.0. The van der Waals surface area contributed by atoms with Crippen LogP contribution in [-0.4, -0.2) is 18.3 Å². The van der Waals surface area contributed by atoms with Crippen molar-refractivity contribution in [3.05, 3.63) is 46.3 Å². The molecule has 1 amide bonds. The summed E-state index contributed by atoms with van der Waals surface area (Å²) >= 11 is 5.39. The van der Waals surface area contributed by atoms with Crippen LogP contribution in [0.3, 0.4) is 0 Å². The van der Waals surface area contributed by atoms with Crippen LogP contribution in [0.5, 0.6) is 0 Å². The number of hydrogen-bond acceptors (Lipinski definition) is 2. The number of benzene rings is 1. The molecule has 0 aromatic heterocycles. The lowest BCUT2D eigenvalue weighted by molar-refractivity contribution is -0.113. The van der Waals surface area contributed by atoms with E-state index in [9.17, 15) is 4.79 Å². The summed E-state index contributed by atoms with van der Waals surface area (Å²) in [7, 11) is 0. The highest BCUT2D eigenvalue weighted by Crippen LogP contribution is 2.11. The van der Waals surface area contributed by atoms with E-state index in [0.29, 0.717) is 18.7 Å². The monoisotopic (exact) mass is 264 g/mol. The average Bonchev–Trinajstić information content (AvgIpc) is 2.40. The van der Waals surface area contributed by atoms with Crippen molar-refractivity contribution in [2.75, 3.05) is 17.7 Å². The largest absolute Gasteiger partial charge is 0.325 e. The minimum absolute atomic E-state index is 0.0545. The quantitative estimate of drug-likeness (QED) is 0.275. The van der Waals surface area contributed by atoms with Crippen LogP contribution in [0.4, 0.5) is 5.69 Å². The molecule has 94 valence electrons. The van der Waals surface area contributed by atoms with Crippen LogP contribution >= 0.6 is 11.6 Å². The van der Waals surface area contributed by atoms with E-state index in [2.05, 4.69) is 15.3 Å². The SMILES string of the molecule is [N-]=[N+]=NCCC=Cc1ccc(NC(=O)CCl)cc1. The van der Waals surface area contributed by atoms with Crippen molar-refractivity contribution < 1.29 is 4.79 Å². The fraction of sp³-hybridized carbons (Fsp3) is 0.250. The van der Waals surface area contributed by atoms with Gasteiger partial charge in [0.1, 0.15) is 5.88 Å². The maximum Gasteiger partial charge on any atom is 0.239 e. The van der Waals surface area contributed by atoms with Crippen molar-refractivity contribution in [2.24, 2.45) is 5.11 Å². The topological polar surface area (TPSA) is 77.9 Å². The minimum atomic E-state index is -0.227. The number of anilines is 1. The van der Waals surface area contributed by atoms with Gasteiger partial charge < -0.3 is 5.32 Å². The maximum absolute atomic E-state index is 11.0. The van der Waals surface area contributed by atoms with Gasteiger partial charge in [-0.3, -0.25) is 4.79 Å². The third kappa shape index (κ3) is 5.39. The van der Waals surface area contributed by atoms with Crippen LogP contribution < -0.4 is 5.32 Å². The first kappa shape index (κ1) is 14.1. The fourth-order valence-corrected chi connectivity index (χ4v) is 1.34. The number of halogens is 1. The summed E-state index contributed by atoms with van der Waals surface area (Å²) in [6, 6.07) is 7.37. The van der Waals surface area contributed by atoms with Gasteiger partial charge in [-0.1, -0.05) is 29.4 Å². The molecule has 0 saturated carbocycles. The second-order valence-corrected chi connectivity index (χ2v) is 3.72. The molecule has 0 radical (unpaired) electrons. The van der Waals surface area contributed by atoms with Gasteiger partial charge in [-0.05, 0) is 29.6 Å². The Morgan fingerprint density at radius 1 is 1.44 bits per heavy atom. The first-order valence-corrected chi connectivity index (χ1v) is 5.93. The standard InChI is InChI=1S/C12H13ClN4O/c13-9-12(18)16-11-6-4-10(5-7-11)3-1-2-8-15-17-14/h1,3-7H,2,8-9H2,(H,16,18). The summed E-state index contributed by atoms with van der Waals surface area (Å²) in [6.45, 7) is 0.455. The second kappa shape index (κ2) is 8.17. The van der Waals surface area contributed by atoms with Gasteiger partial charge in [0.05, 0.1) is 0 Å². The van der Waals surface area contributed by atoms with E-state index in [4.69, 9.17) is 17.1 Å². The van der Waals surface area contributed by atoms with Gasteiger partial charge in [0, 0.05) is 17.1 Å². The van der Waals surface area contributed by atoms with Crippen LogP contribution in [0.25, 0.3) is 16.5 Å². The number of amides is 1. The van der Waals surface area contributed by atoms with E-state index < -0.39 is 0 Å². The number of hydrogen-bond donors (Lipinski definition) is 1. The molecule has 0 heterocycles. The first-order chi connectivity index (χ1) is 8.76. The van der Waals surface area contributed by atoms with Gasteiger partial charge >= 0.3 is 0 Å². The van der Waals surface area contributed by atoms with Crippen LogP contribution in [-0.2, 0) is 4.79 Å². The van der Waals surface area contributed by atoms with E-state index in [-0.39, 0.29) is 11.8 Å². The molecule has 0 atom stereocenters. The van der Waals surface area contributed by atoms with Crippen LogP contribution in [0.15, 0.2) is 35.5 Å². The Labute approximate surface area is 110 Å². The number of alkyl halides is 1. The third-order valence-electron chi connectivity index (χ3n) is 2.09. The van der Waals surface area contributed by atoms with Crippen LogP contribution in [0.2, 0.25) is 0 Å². The Morgan fingerprint density at radius 3 is 2.78 bits per heavy atom. The predicted molar refractivity (Wildman–Crippen MR) is 73.5 cm³/mol. The summed E-state index contributed by atoms with van der Waals surface area (Å²) in [4.78, 5) is 13.7. The van der Waals surface area contributed by atoms with Crippen molar-refractivity contribution in [3.63, 3.8) is 0 Å². The van der Waals surface area contributed by atoms with Gasteiger partial charge in [-0.25, -0.2) is 0 Å². The third-order valence-corrected chi connectivity index (χ3v) is 2.33. The molecule has 5 nitrogen and oxygen atoms in total. The van der Waals surface area contributed by atoms with Gasteiger partial charge in [-0.15, -0.1) is 11.6 Å². The molecule has 1 rings (SSSR count). The summed E-state index contributed by atoms with van der Waals surface area (Å²) in [5.74, 6) is -0.282. The zero-order chi connectivity index (χ0) is 13.2. The summed E-state index contributed by atoms with van der Waals surface area (Å²) < 4.78 is 0. The molecule has 18 heavy (non-hydrogen) atoms. The Hall–Kier alpha value is -1.97. The molecule has 0 saturated heterocycles. The zero-order valence-electron chi connectivity index (χ0n) is 9.71. The lowest BCUT2D eigenvalue weighted by Crippen LogP contribution is -2.12. The molecule has 1 aromatic rings. The average molecular weight is 265 g/mol. The number of carbonyl (C=O) groups is 1. The van der Waals surface area contributed by atoms with Gasteiger partial charge in [0.15, 0.2) is 0 Å². The van der Waals surface area contributed by atoms with Gasteiger partial charge in [0.2, 0.25) is 5.91 Å². The summed E-state index contributed by atoms with van der Waals surface area (Å²) in [5, 5.41) is 6.08. The lowest BCUT2D eigenvalue weighted by atomic mass is 10.2. The number of nitrogens with one attached hydrogen (secondary N) is 1. The van der Waals surface area contributed by atoms with Gasteiger partial charge in [0.25, 0.3) is 0 Å². The molecule has 0 aliphatic heterocycles. The highest BCUT2D eigenvalue weighted by atomic mass is 35.5. The van der Waals surface area contributed by atoms with Crippen LogP contribution in [0.1, 0.15) is 12.0 Å². The highest BCUT2D eigenvalue weighted by molar-refractivity contribution is 6.29. The van der Waals surface area contributed by atoms with Crippen molar-refractivity contribution >= 4 is 29.3 Å². The van der Waals surface area contributed by atoms with Crippen molar-refractivity contribution in [3.8, 4) is 0 Å². The van der Waals surface area contributed by atoms with E-state index in [1.807, 2.05) is 24.3 Å². The number of nitrogens with zero attached hydrogens (tertiary/aromatic N) is 3. The van der Waals surface area contributed by atoms with Gasteiger partial charge in [-0.2, -0.15) is 0 Å². The zero-order valence-corrected chi connectivity index (χ0v) is 10.5. The molecule has 0 aliphatic carbocycles. The molecule has 0 unspecified atom stereocenters. The second-order valence-electron chi connectivity index (χ2n) is 3.45. The molecule has 0 aliphatic rings. The van der Waals surface area contributed by atoms with E-state index >= 15 is 0 Å². The lowest BCUT2D eigenvalue weighted by Gasteiger charge is -2.02. The van der Waals surface area contributed by atoms with E-state index in [1.165, 1.54) is 0 Å². The summed E-state index contributed by atoms with van der Waals surface area (Å²) in [5.41, 5.74) is 9.82. The smallest absolute Gasteiger partial charge is 0.239 e. The Kier molecular flexibility index (Phi) is 6.40. The first-order valence-electron chi connectivity index (χ1n) is 5.39. The van der Waals surface area contributed by atoms with Crippen LogP contribution in [0, 0.1) is 0 Å². The Balaban J connectivity index is 2.49. The Bertz CT molecular complexity index is 463. The molecular formula is C12H13ClN4O. The Morgan fingerprint density at radius 2 is 2.17 bits per heavy atom. The number of carbonyl (C=O) groups excluding carboxylic acids is 1. The normalized spacial score (nSPS) is 10.1. The number of rotatable bonds is 6. The molecule has 0 spiro atoms. The van der Waals surface area contributed by atoms with E-state index in [0.717, 1.165) is 5.56 Å². The van der Waals surface area contributed by atoms with Crippen molar-refractivity contribution in [1.29, 1.82) is 0 Å². The van der Waals surface area contributed by atoms with E-state index in [1.54, 1.807) is 12.1 Å². The van der Waals surface area contributed by atoms with Crippen molar-refractivity contribution in [1.82, 2.24) is 0 Å². The fourth-order valence-electron chi connectivity index (χ4n) is 1.27. The number of azide groups is 1. The highest BCUT2D eigenvalue weighted by Gasteiger charge is 1.98.